The maximum Gasteiger partial charge on any atom is 0.239 e. The van der Waals surface area contributed by atoms with Crippen LogP contribution in [0.15, 0.2) is 9.52 Å². The van der Waals surface area contributed by atoms with E-state index in [4.69, 9.17) is 4.52 Å². The second kappa shape index (κ2) is 9.86. The number of rotatable bonds is 6. The van der Waals surface area contributed by atoms with Crippen molar-refractivity contribution in [1.29, 1.82) is 0 Å². The van der Waals surface area contributed by atoms with Gasteiger partial charge in [-0.05, 0) is 33.1 Å². The van der Waals surface area contributed by atoms with Gasteiger partial charge in [0.25, 0.3) is 0 Å². The van der Waals surface area contributed by atoms with E-state index in [0.29, 0.717) is 11.7 Å². The van der Waals surface area contributed by atoms with E-state index in [2.05, 4.69) is 30.2 Å². The molecule has 3 rings (SSSR count). The minimum Gasteiger partial charge on any atom is -0.356 e. The van der Waals surface area contributed by atoms with Crippen molar-refractivity contribution >= 4 is 11.9 Å². The van der Waals surface area contributed by atoms with Gasteiger partial charge >= 0.3 is 0 Å². The molecule has 9 nitrogen and oxygen atoms in total. The Hall–Kier alpha value is -2.16. The number of nitrogens with zero attached hydrogens (tertiary/aromatic N) is 6. The zero-order valence-electron chi connectivity index (χ0n) is 17.4. The van der Waals surface area contributed by atoms with E-state index in [1.165, 1.54) is 0 Å². The average molecular weight is 392 g/mol. The number of carbonyl (C=O) groups excluding carboxylic acids is 1. The van der Waals surface area contributed by atoms with E-state index in [-0.39, 0.29) is 11.9 Å². The normalized spacial score (nSPS) is 19.9. The molecule has 2 aliphatic heterocycles. The molecule has 0 spiro atoms. The number of nitrogens with one attached hydrogen (secondary N) is 1. The summed E-state index contributed by atoms with van der Waals surface area (Å²) in [6.45, 7) is 10.0. The second-order valence-corrected chi connectivity index (χ2v) is 7.54. The van der Waals surface area contributed by atoms with Crippen LogP contribution in [0.25, 0.3) is 0 Å². The fraction of sp³-hybridized carbons (Fsp3) is 0.789. The van der Waals surface area contributed by atoms with Crippen LogP contribution < -0.4 is 5.32 Å². The SMILES string of the molecule is CN=C(NCCCc1nc(C)no1)N1CCN(C(C)C(=O)N2CCCC2)CC1. The molecular weight excluding hydrogens is 358 g/mol. The summed E-state index contributed by atoms with van der Waals surface area (Å²) < 4.78 is 5.14. The minimum absolute atomic E-state index is 0.0342. The van der Waals surface area contributed by atoms with E-state index in [9.17, 15) is 4.79 Å². The Morgan fingerprint density at radius 2 is 1.89 bits per heavy atom. The van der Waals surface area contributed by atoms with Crippen molar-refractivity contribution < 1.29 is 9.32 Å². The van der Waals surface area contributed by atoms with Gasteiger partial charge in [-0.15, -0.1) is 0 Å². The highest BCUT2D eigenvalue weighted by molar-refractivity contribution is 5.82. The Morgan fingerprint density at radius 1 is 1.18 bits per heavy atom. The first-order chi connectivity index (χ1) is 13.6. The largest absolute Gasteiger partial charge is 0.356 e. The lowest BCUT2D eigenvalue weighted by Crippen LogP contribution is -2.57. The third-order valence-electron chi connectivity index (χ3n) is 5.57. The molecule has 0 aromatic carbocycles. The van der Waals surface area contributed by atoms with E-state index in [1.54, 1.807) is 0 Å². The number of likely N-dealkylation sites (tertiary alicyclic amines) is 1. The minimum atomic E-state index is -0.0342. The van der Waals surface area contributed by atoms with Gasteiger partial charge in [0.1, 0.15) is 0 Å². The predicted octanol–water partition coefficient (Wildman–Crippen LogP) is 0.515. The molecule has 1 N–H and O–H groups in total. The number of guanidine groups is 1. The fourth-order valence-electron chi connectivity index (χ4n) is 3.89. The summed E-state index contributed by atoms with van der Waals surface area (Å²) in [5.41, 5.74) is 0. The van der Waals surface area contributed by atoms with E-state index in [1.807, 2.05) is 25.8 Å². The van der Waals surface area contributed by atoms with Crippen LogP contribution in [-0.2, 0) is 11.2 Å². The summed E-state index contributed by atoms with van der Waals surface area (Å²) in [6, 6.07) is -0.0342. The molecule has 2 saturated heterocycles. The maximum absolute atomic E-state index is 12.6. The summed E-state index contributed by atoms with van der Waals surface area (Å²) >= 11 is 0. The number of aromatic nitrogens is 2. The van der Waals surface area contributed by atoms with Crippen molar-refractivity contribution in [3.8, 4) is 0 Å². The number of carbonyl (C=O) groups is 1. The average Bonchev–Trinajstić information content (AvgIpc) is 3.39. The lowest BCUT2D eigenvalue weighted by Gasteiger charge is -2.39. The van der Waals surface area contributed by atoms with Crippen molar-refractivity contribution in [3.05, 3.63) is 11.7 Å². The van der Waals surface area contributed by atoms with Gasteiger partial charge in [0, 0.05) is 59.3 Å². The highest BCUT2D eigenvalue weighted by Gasteiger charge is 2.30. The smallest absolute Gasteiger partial charge is 0.239 e. The number of aryl methyl sites for hydroxylation is 2. The molecule has 0 saturated carbocycles. The molecule has 0 bridgehead atoms. The molecule has 1 aromatic heterocycles. The molecule has 3 heterocycles. The lowest BCUT2D eigenvalue weighted by atomic mass is 10.2. The number of amides is 1. The first-order valence-corrected chi connectivity index (χ1v) is 10.4. The number of hydrogen-bond acceptors (Lipinski definition) is 6. The van der Waals surface area contributed by atoms with Crippen molar-refractivity contribution in [1.82, 2.24) is 30.2 Å². The van der Waals surface area contributed by atoms with Crippen LogP contribution in [-0.4, -0.2) is 95.6 Å². The molecule has 1 amide bonds. The van der Waals surface area contributed by atoms with Crippen molar-refractivity contribution in [2.75, 3.05) is 52.9 Å². The molecule has 9 heteroatoms. The van der Waals surface area contributed by atoms with E-state index >= 15 is 0 Å². The molecule has 2 aliphatic rings. The van der Waals surface area contributed by atoms with E-state index < -0.39 is 0 Å². The summed E-state index contributed by atoms with van der Waals surface area (Å²) in [7, 11) is 1.82. The molecule has 0 radical (unpaired) electrons. The molecule has 0 aliphatic carbocycles. The zero-order valence-corrected chi connectivity index (χ0v) is 17.4. The standard InChI is InChI=1S/C19H33N7O2/c1-15(18(27)25-9-4-5-10-25)24-11-13-26(14-12-24)19(20-3)21-8-6-7-17-22-16(2)23-28-17/h15H,4-14H2,1-3H3,(H,20,21). The Morgan fingerprint density at radius 3 is 2.50 bits per heavy atom. The van der Waals surface area contributed by atoms with Crippen LogP contribution in [0.1, 0.15) is 37.9 Å². The molecule has 1 unspecified atom stereocenters. The van der Waals surface area contributed by atoms with Gasteiger partial charge in [0.15, 0.2) is 11.8 Å². The third kappa shape index (κ3) is 5.21. The van der Waals surface area contributed by atoms with Gasteiger partial charge in [-0.1, -0.05) is 5.16 Å². The Balaban J connectivity index is 1.39. The van der Waals surface area contributed by atoms with Crippen LogP contribution in [0, 0.1) is 6.92 Å². The van der Waals surface area contributed by atoms with Crippen LogP contribution in [0.5, 0.6) is 0 Å². The number of hydrogen-bond donors (Lipinski definition) is 1. The van der Waals surface area contributed by atoms with Crippen molar-refractivity contribution in [2.24, 2.45) is 4.99 Å². The van der Waals surface area contributed by atoms with Gasteiger partial charge < -0.3 is 19.6 Å². The van der Waals surface area contributed by atoms with Crippen LogP contribution in [0.4, 0.5) is 0 Å². The number of piperazine rings is 1. The highest BCUT2D eigenvalue weighted by atomic mass is 16.5. The molecule has 1 atom stereocenters. The molecule has 28 heavy (non-hydrogen) atoms. The van der Waals surface area contributed by atoms with E-state index in [0.717, 1.165) is 77.5 Å². The Kier molecular flexibility index (Phi) is 7.24. The number of aliphatic imine (C=N–C) groups is 1. The van der Waals surface area contributed by atoms with Gasteiger partial charge in [0.05, 0.1) is 6.04 Å². The van der Waals surface area contributed by atoms with Gasteiger partial charge in [0.2, 0.25) is 11.8 Å². The third-order valence-corrected chi connectivity index (χ3v) is 5.57. The van der Waals surface area contributed by atoms with Crippen LogP contribution in [0.3, 0.4) is 0 Å². The quantitative estimate of drug-likeness (QED) is 0.429. The van der Waals surface area contributed by atoms with Gasteiger partial charge in [-0.25, -0.2) is 0 Å². The monoisotopic (exact) mass is 391 g/mol. The summed E-state index contributed by atoms with van der Waals surface area (Å²) in [6.07, 6.45) is 3.94. The molecule has 156 valence electrons. The zero-order chi connectivity index (χ0) is 19.9. The first-order valence-electron chi connectivity index (χ1n) is 10.4. The van der Waals surface area contributed by atoms with Crippen molar-refractivity contribution in [2.45, 2.75) is 45.6 Å². The molecular formula is C19H33N7O2. The van der Waals surface area contributed by atoms with Crippen LogP contribution >= 0.6 is 0 Å². The first kappa shape index (κ1) is 20.6. The lowest BCUT2D eigenvalue weighted by molar-refractivity contribution is -0.135. The maximum atomic E-state index is 12.6. The predicted molar refractivity (Wildman–Crippen MR) is 107 cm³/mol. The summed E-state index contributed by atoms with van der Waals surface area (Å²) in [4.78, 5) is 27.8. The molecule has 1 aromatic rings. The topological polar surface area (TPSA) is 90.1 Å². The fourth-order valence-corrected chi connectivity index (χ4v) is 3.89. The highest BCUT2D eigenvalue weighted by Crippen LogP contribution is 2.14. The van der Waals surface area contributed by atoms with Crippen molar-refractivity contribution in [3.63, 3.8) is 0 Å². The Bertz CT molecular complexity index is 661. The molecule has 2 fully saturated rings. The van der Waals surface area contributed by atoms with Crippen LogP contribution in [0.2, 0.25) is 0 Å². The van der Waals surface area contributed by atoms with Gasteiger partial charge in [-0.3, -0.25) is 14.7 Å². The summed E-state index contributed by atoms with van der Waals surface area (Å²) in [5.74, 6) is 2.55. The second-order valence-electron chi connectivity index (χ2n) is 7.54. The Labute approximate surface area is 167 Å². The summed E-state index contributed by atoms with van der Waals surface area (Å²) in [5, 5.41) is 7.23. The van der Waals surface area contributed by atoms with Gasteiger partial charge in [-0.2, -0.15) is 4.98 Å².